The summed E-state index contributed by atoms with van der Waals surface area (Å²) < 4.78 is 21.9. The Bertz CT molecular complexity index is 2490. The standard InChI is InChI=1S/C54H40O4/c1-55-41-17-5-33(6-18-41)37-13-25-45-49(29-37)50-30-38(34-7-19-42(56-2)20-8-34)14-26-46(50)53(45)54-47-27-15-39(35-9-21-43(57-3)22-10-35)31-51(47)52-32-40(16-28-48(52)54)36-11-23-44(58-4)24-12-36/h5-32H,1-4H3. The van der Waals surface area contributed by atoms with Gasteiger partial charge >= 0.3 is 0 Å². The van der Waals surface area contributed by atoms with E-state index in [1.165, 1.54) is 55.7 Å². The van der Waals surface area contributed by atoms with Gasteiger partial charge in [-0.3, -0.25) is 0 Å². The first-order chi connectivity index (χ1) is 28.5. The van der Waals surface area contributed by atoms with Gasteiger partial charge < -0.3 is 18.9 Å². The van der Waals surface area contributed by atoms with Crippen molar-refractivity contribution in [1.29, 1.82) is 0 Å². The van der Waals surface area contributed by atoms with Gasteiger partial charge in [-0.15, -0.1) is 0 Å². The van der Waals surface area contributed by atoms with Gasteiger partial charge in [-0.05, 0) is 173 Å². The first-order valence-corrected chi connectivity index (χ1v) is 19.4. The molecule has 0 bridgehead atoms. The molecular formula is C54H40O4. The molecule has 0 unspecified atom stereocenters. The Hall–Kier alpha value is -7.30. The SMILES string of the molecule is COc1ccc(-c2ccc3c(c2)-c2cc(-c4ccc(OC)cc4)ccc2C3=C2c3ccc(-c4ccc(OC)cc4)cc3-c3cc(-c4ccc(OC)cc4)ccc32)cc1. The molecule has 58 heavy (non-hydrogen) atoms. The van der Waals surface area contributed by atoms with Crippen molar-refractivity contribution >= 4 is 11.1 Å². The van der Waals surface area contributed by atoms with Crippen LogP contribution in [0.25, 0.3) is 77.9 Å². The van der Waals surface area contributed by atoms with E-state index in [2.05, 4.69) is 121 Å². The van der Waals surface area contributed by atoms with E-state index in [0.29, 0.717) is 0 Å². The maximum absolute atomic E-state index is 5.48. The third-order valence-electron chi connectivity index (χ3n) is 11.7. The lowest BCUT2D eigenvalue weighted by atomic mass is 9.90. The number of benzene rings is 8. The molecule has 0 aliphatic heterocycles. The van der Waals surface area contributed by atoms with Gasteiger partial charge in [-0.25, -0.2) is 0 Å². The molecule has 8 aromatic rings. The molecule has 280 valence electrons. The topological polar surface area (TPSA) is 36.9 Å². The highest BCUT2D eigenvalue weighted by atomic mass is 16.5. The van der Waals surface area contributed by atoms with E-state index in [9.17, 15) is 0 Å². The Kier molecular flexibility index (Phi) is 8.68. The molecule has 0 radical (unpaired) electrons. The molecule has 0 saturated carbocycles. The molecule has 0 N–H and O–H groups in total. The summed E-state index contributed by atoms with van der Waals surface area (Å²) in [7, 11) is 6.82. The molecule has 0 heterocycles. The summed E-state index contributed by atoms with van der Waals surface area (Å²) in [6.45, 7) is 0. The third kappa shape index (κ3) is 5.93. The summed E-state index contributed by atoms with van der Waals surface area (Å²) in [5.74, 6) is 3.37. The van der Waals surface area contributed by atoms with Crippen molar-refractivity contribution in [1.82, 2.24) is 0 Å². The lowest BCUT2D eigenvalue weighted by molar-refractivity contribution is 0.415. The second kappa shape index (κ2) is 14.3. The summed E-state index contributed by atoms with van der Waals surface area (Å²) in [4.78, 5) is 0. The quantitative estimate of drug-likeness (QED) is 0.155. The van der Waals surface area contributed by atoms with Crippen LogP contribution in [0.1, 0.15) is 22.3 Å². The molecule has 0 atom stereocenters. The molecule has 0 spiro atoms. The molecule has 0 saturated heterocycles. The molecule has 2 aliphatic rings. The summed E-state index contributed by atoms with van der Waals surface area (Å²) >= 11 is 0. The van der Waals surface area contributed by atoms with Gasteiger partial charge in [0.05, 0.1) is 28.4 Å². The number of ether oxygens (including phenoxy) is 4. The summed E-state index contributed by atoms with van der Waals surface area (Å²) in [5, 5.41) is 0. The monoisotopic (exact) mass is 752 g/mol. The summed E-state index contributed by atoms with van der Waals surface area (Å²) in [6, 6.07) is 61.0. The lowest BCUT2D eigenvalue weighted by Gasteiger charge is -2.13. The van der Waals surface area contributed by atoms with E-state index < -0.39 is 0 Å². The van der Waals surface area contributed by atoms with E-state index in [1.807, 2.05) is 48.5 Å². The largest absolute Gasteiger partial charge is 0.497 e. The Labute approximate surface area is 339 Å². The smallest absolute Gasteiger partial charge is 0.118 e. The van der Waals surface area contributed by atoms with E-state index in [0.717, 1.165) is 67.5 Å². The highest BCUT2D eigenvalue weighted by Crippen LogP contribution is 2.56. The second-order valence-electron chi connectivity index (χ2n) is 14.7. The molecule has 0 amide bonds. The summed E-state index contributed by atoms with van der Waals surface area (Å²) in [5.41, 5.74) is 21.5. The number of methoxy groups -OCH3 is 4. The Morgan fingerprint density at radius 1 is 0.207 bits per heavy atom. The van der Waals surface area contributed by atoms with Crippen molar-refractivity contribution in [2.75, 3.05) is 28.4 Å². The number of rotatable bonds is 8. The van der Waals surface area contributed by atoms with Gasteiger partial charge in [-0.2, -0.15) is 0 Å². The van der Waals surface area contributed by atoms with Crippen LogP contribution in [0.2, 0.25) is 0 Å². The van der Waals surface area contributed by atoms with Crippen LogP contribution < -0.4 is 18.9 Å². The highest BCUT2D eigenvalue weighted by Gasteiger charge is 2.33. The lowest BCUT2D eigenvalue weighted by Crippen LogP contribution is -1.92. The first-order valence-electron chi connectivity index (χ1n) is 19.4. The van der Waals surface area contributed by atoms with Gasteiger partial charge in [0, 0.05) is 0 Å². The van der Waals surface area contributed by atoms with Crippen LogP contribution in [0.15, 0.2) is 170 Å². The predicted octanol–water partition coefficient (Wildman–Crippen LogP) is 13.4. The molecule has 8 aromatic carbocycles. The van der Waals surface area contributed by atoms with Crippen molar-refractivity contribution < 1.29 is 18.9 Å². The Balaban J connectivity index is 1.21. The molecule has 4 heteroatoms. The average Bonchev–Trinajstić information content (AvgIpc) is 3.79. The molecule has 2 aliphatic carbocycles. The van der Waals surface area contributed by atoms with Crippen LogP contribution in [0.3, 0.4) is 0 Å². The van der Waals surface area contributed by atoms with Crippen molar-refractivity contribution in [3.05, 3.63) is 192 Å². The average molecular weight is 753 g/mol. The minimum Gasteiger partial charge on any atom is -0.497 e. The zero-order valence-corrected chi connectivity index (χ0v) is 32.8. The minimum absolute atomic E-state index is 0.843. The minimum atomic E-state index is 0.843. The van der Waals surface area contributed by atoms with E-state index >= 15 is 0 Å². The van der Waals surface area contributed by atoms with Gasteiger partial charge in [0.1, 0.15) is 23.0 Å². The second-order valence-corrected chi connectivity index (χ2v) is 14.7. The van der Waals surface area contributed by atoms with E-state index in [-0.39, 0.29) is 0 Å². The Morgan fingerprint density at radius 2 is 0.397 bits per heavy atom. The number of hydrogen-bond acceptors (Lipinski definition) is 4. The first kappa shape index (κ1) is 35.1. The Morgan fingerprint density at radius 3 is 0.586 bits per heavy atom. The number of hydrogen-bond donors (Lipinski definition) is 0. The fraction of sp³-hybridized carbons (Fsp3) is 0.0741. The zero-order chi connectivity index (χ0) is 39.3. The van der Waals surface area contributed by atoms with Crippen molar-refractivity contribution in [3.8, 4) is 89.8 Å². The maximum Gasteiger partial charge on any atom is 0.118 e. The van der Waals surface area contributed by atoms with E-state index in [4.69, 9.17) is 18.9 Å². The zero-order valence-electron chi connectivity index (χ0n) is 32.8. The molecule has 0 fully saturated rings. The molecule has 0 aromatic heterocycles. The fourth-order valence-corrected chi connectivity index (χ4v) is 8.62. The molecule has 10 rings (SSSR count). The summed E-state index contributed by atoms with van der Waals surface area (Å²) in [6.07, 6.45) is 0. The maximum atomic E-state index is 5.48. The van der Waals surface area contributed by atoms with Gasteiger partial charge in [0.15, 0.2) is 0 Å². The van der Waals surface area contributed by atoms with Crippen LogP contribution in [-0.4, -0.2) is 28.4 Å². The van der Waals surface area contributed by atoms with Crippen LogP contribution in [0.4, 0.5) is 0 Å². The van der Waals surface area contributed by atoms with Crippen LogP contribution in [-0.2, 0) is 0 Å². The van der Waals surface area contributed by atoms with Crippen molar-refractivity contribution in [2.24, 2.45) is 0 Å². The van der Waals surface area contributed by atoms with Crippen LogP contribution in [0, 0.1) is 0 Å². The van der Waals surface area contributed by atoms with Gasteiger partial charge in [0.2, 0.25) is 0 Å². The highest BCUT2D eigenvalue weighted by molar-refractivity contribution is 6.19. The third-order valence-corrected chi connectivity index (χ3v) is 11.7. The van der Waals surface area contributed by atoms with Crippen LogP contribution in [0.5, 0.6) is 23.0 Å². The predicted molar refractivity (Wildman–Crippen MR) is 237 cm³/mol. The van der Waals surface area contributed by atoms with E-state index in [1.54, 1.807) is 28.4 Å². The van der Waals surface area contributed by atoms with Crippen LogP contribution >= 0.6 is 0 Å². The molecular weight excluding hydrogens is 713 g/mol. The normalized spacial score (nSPS) is 12.1. The number of fused-ring (bicyclic) bond motifs is 6. The van der Waals surface area contributed by atoms with Crippen molar-refractivity contribution in [2.45, 2.75) is 0 Å². The molecule has 4 nitrogen and oxygen atoms in total. The van der Waals surface area contributed by atoms with Crippen molar-refractivity contribution in [3.63, 3.8) is 0 Å². The van der Waals surface area contributed by atoms with Gasteiger partial charge in [-0.1, -0.05) is 97.1 Å². The fourth-order valence-electron chi connectivity index (χ4n) is 8.62. The van der Waals surface area contributed by atoms with Gasteiger partial charge in [0.25, 0.3) is 0 Å².